The van der Waals surface area contributed by atoms with Crippen LogP contribution in [0.3, 0.4) is 0 Å². The van der Waals surface area contributed by atoms with Crippen molar-refractivity contribution in [3.63, 3.8) is 0 Å². The molecule has 0 aromatic heterocycles. The number of carbonyl (C=O) groups excluding carboxylic acids is 1. The summed E-state index contributed by atoms with van der Waals surface area (Å²) in [5.74, 6) is -0.963. The minimum atomic E-state index is -4.32. The van der Waals surface area contributed by atoms with Gasteiger partial charge < -0.3 is 10.4 Å². The monoisotopic (exact) mass is 661 g/mol. The highest BCUT2D eigenvalue weighted by molar-refractivity contribution is 7.85. The molecule has 0 rings (SSSR count). The Morgan fingerprint density at radius 2 is 1.04 bits per heavy atom. The number of nitrogens with one attached hydrogen (secondary N) is 1. The number of rotatable bonds is 31. The van der Waals surface area contributed by atoms with Gasteiger partial charge in [0.1, 0.15) is 0 Å². The molecule has 2 unspecified atom stereocenters. The highest BCUT2D eigenvalue weighted by Gasteiger charge is 2.26. The number of unbranched alkanes of at least 4 members (excludes halogenated alkanes) is 11. The molecule has 0 fully saturated rings. The van der Waals surface area contributed by atoms with Crippen LogP contribution < -0.4 is 5.32 Å². The van der Waals surface area contributed by atoms with E-state index < -0.39 is 28.0 Å². The van der Waals surface area contributed by atoms with Gasteiger partial charge in [-0.3, -0.25) is 9.35 Å². The number of hydrogen-bond acceptors (Lipinski definition) is 4. The second-order valence-corrected chi connectivity index (χ2v) is 13.6. The van der Waals surface area contributed by atoms with Crippen LogP contribution in [0.25, 0.3) is 0 Å². The van der Waals surface area contributed by atoms with E-state index in [1.54, 1.807) is 0 Å². The average molecular weight is 662 g/mol. The van der Waals surface area contributed by atoms with Crippen molar-refractivity contribution in [2.45, 2.75) is 161 Å². The molecule has 0 aliphatic rings. The second-order valence-electron chi connectivity index (χ2n) is 12.1. The molecule has 2 atom stereocenters. The molecule has 264 valence electrons. The average Bonchev–Trinajstić information content (AvgIpc) is 3.01. The molecule has 0 aromatic carbocycles. The van der Waals surface area contributed by atoms with Crippen LogP contribution in [0.15, 0.2) is 72.9 Å². The van der Waals surface area contributed by atoms with Crippen LogP contribution in [0.1, 0.15) is 149 Å². The lowest BCUT2D eigenvalue weighted by Crippen LogP contribution is -2.47. The van der Waals surface area contributed by atoms with Crippen molar-refractivity contribution in [1.29, 1.82) is 0 Å². The van der Waals surface area contributed by atoms with Crippen LogP contribution >= 0.6 is 0 Å². The molecule has 0 heterocycles. The predicted octanol–water partition coefficient (Wildman–Crippen LogP) is 10.3. The summed E-state index contributed by atoms with van der Waals surface area (Å²) in [5.41, 5.74) is 0. The van der Waals surface area contributed by atoms with E-state index in [9.17, 15) is 22.9 Å². The number of carbonyl (C=O) groups is 1. The quantitative estimate of drug-likeness (QED) is 0.0390. The Balaban J connectivity index is 4.04. The highest BCUT2D eigenvalue weighted by atomic mass is 32.2. The van der Waals surface area contributed by atoms with Gasteiger partial charge >= 0.3 is 0 Å². The zero-order valence-electron chi connectivity index (χ0n) is 29.2. The number of allylic oxidation sites excluding steroid dienone is 12. The Bertz CT molecular complexity index is 994. The molecule has 0 aromatic rings. The minimum absolute atomic E-state index is 0.259. The van der Waals surface area contributed by atoms with E-state index in [1.807, 2.05) is 0 Å². The minimum Gasteiger partial charge on any atom is -0.391 e. The van der Waals surface area contributed by atoms with Gasteiger partial charge in [-0.05, 0) is 64.2 Å². The maximum atomic E-state index is 12.4. The fourth-order valence-corrected chi connectivity index (χ4v) is 5.74. The summed E-state index contributed by atoms with van der Waals surface area (Å²) in [4.78, 5) is 12.4. The molecule has 46 heavy (non-hydrogen) atoms. The molecule has 0 saturated carbocycles. The lowest BCUT2D eigenvalue weighted by atomic mass is 10.0. The highest BCUT2D eigenvalue weighted by Crippen LogP contribution is 2.14. The number of aliphatic hydroxyl groups excluding tert-OH is 1. The normalized spacial score (nSPS) is 14.3. The van der Waals surface area contributed by atoms with Crippen LogP contribution in [0.4, 0.5) is 0 Å². The van der Waals surface area contributed by atoms with Gasteiger partial charge in [-0.25, -0.2) is 0 Å². The van der Waals surface area contributed by atoms with E-state index in [-0.39, 0.29) is 12.3 Å². The van der Waals surface area contributed by atoms with Crippen molar-refractivity contribution in [3.05, 3.63) is 72.9 Å². The van der Waals surface area contributed by atoms with Crippen molar-refractivity contribution in [1.82, 2.24) is 5.32 Å². The van der Waals surface area contributed by atoms with Crippen molar-refractivity contribution in [3.8, 4) is 0 Å². The summed E-state index contributed by atoms with van der Waals surface area (Å²) in [6.07, 6.45) is 45.7. The van der Waals surface area contributed by atoms with Gasteiger partial charge in [0.25, 0.3) is 10.1 Å². The van der Waals surface area contributed by atoms with Crippen LogP contribution in [0.5, 0.6) is 0 Å². The molecule has 6 nitrogen and oxygen atoms in total. The van der Waals surface area contributed by atoms with Crippen LogP contribution in [0.2, 0.25) is 0 Å². The third-order valence-corrected chi connectivity index (χ3v) is 8.46. The van der Waals surface area contributed by atoms with Crippen LogP contribution in [-0.4, -0.2) is 41.9 Å². The predicted molar refractivity (Wildman–Crippen MR) is 197 cm³/mol. The SMILES string of the molecule is CC/C=C\C/C=C\C/C=C\C/C=C\C/C=C\C/C=C\CCCCC(=O)NC(CS(=O)(=O)O)C(O)CCCCCCCCCCCC. The van der Waals surface area contributed by atoms with Crippen molar-refractivity contribution < 1.29 is 22.9 Å². The first-order chi connectivity index (χ1) is 22.3. The molecule has 3 N–H and O–H groups in total. The first kappa shape index (κ1) is 43.8. The Morgan fingerprint density at radius 1 is 0.609 bits per heavy atom. The summed E-state index contributed by atoms with van der Waals surface area (Å²) in [7, 11) is -4.32. The van der Waals surface area contributed by atoms with Crippen molar-refractivity contribution in [2.24, 2.45) is 0 Å². The maximum absolute atomic E-state index is 12.4. The molecule has 0 bridgehead atoms. The van der Waals surface area contributed by atoms with Gasteiger partial charge in [0.2, 0.25) is 5.91 Å². The second kappa shape index (κ2) is 32.7. The number of amides is 1. The smallest absolute Gasteiger partial charge is 0.266 e. The third-order valence-electron chi connectivity index (χ3n) is 7.68. The molecule has 1 amide bonds. The zero-order valence-corrected chi connectivity index (χ0v) is 30.0. The van der Waals surface area contributed by atoms with Crippen molar-refractivity contribution in [2.75, 3.05) is 5.75 Å². The fraction of sp³-hybridized carbons (Fsp3) is 0.667. The molecule has 7 heteroatoms. The third kappa shape index (κ3) is 33.2. The van der Waals surface area contributed by atoms with E-state index in [0.717, 1.165) is 70.6 Å². The van der Waals surface area contributed by atoms with E-state index in [0.29, 0.717) is 12.8 Å². The maximum Gasteiger partial charge on any atom is 0.266 e. The Morgan fingerprint density at radius 3 is 1.50 bits per heavy atom. The summed E-state index contributed by atoms with van der Waals surface area (Å²) < 4.78 is 32.3. The Hall–Kier alpha value is -2.22. The molecule has 0 aliphatic heterocycles. The van der Waals surface area contributed by atoms with Crippen molar-refractivity contribution >= 4 is 16.0 Å². The topological polar surface area (TPSA) is 104 Å². The van der Waals surface area contributed by atoms with Gasteiger partial charge in [0, 0.05) is 6.42 Å². The largest absolute Gasteiger partial charge is 0.391 e. The van der Waals surface area contributed by atoms with Gasteiger partial charge in [-0.2, -0.15) is 8.42 Å². The first-order valence-electron chi connectivity index (χ1n) is 18.1. The number of aliphatic hydroxyl groups is 1. The van der Waals surface area contributed by atoms with E-state index in [1.165, 1.54) is 44.9 Å². The van der Waals surface area contributed by atoms with Gasteiger partial charge in [-0.15, -0.1) is 0 Å². The molecule has 0 saturated heterocycles. The molecule has 0 aliphatic carbocycles. The van der Waals surface area contributed by atoms with E-state index in [2.05, 4.69) is 92.1 Å². The summed E-state index contributed by atoms with van der Waals surface area (Å²) in [6.45, 7) is 4.36. The summed E-state index contributed by atoms with van der Waals surface area (Å²) >= 11 is 0. The molecular weight excluding hydrogens is 594 g/mol. The van der Waals surface area contributed by atoms with Gasteiger partial charge in [0.15, 0.2) is 0 Å². The van der Waals surface area contributed by atoms with Gasteiger partial charge in [0.05, 0.1) is 17.9 Å². The van der Waals surface area contributed by atoms with E-state index in [4.69, 9.17) is 0 Å². The Labute approximate surface area is 283 Å². The number of hydrogen-bond donors (Lipinski definition) is 3. The van der Waals surface area contributed by atoms with Crippen LogP contribution in [0, 0.1) is 0 Å². The zero-order chi connectivity index (χ0) is 34.0. The standard InChI is InChI=1S/C39H67NO5S/c1-3-5-7-9-11-13-15-16-17-18-19-20-21-22-23-24-25-27-29-31-33-35-39(42)40-37(36-46(43,44)45)38(41)34-32-30-28-26-14-12-10-8-6-4-2/h5,7,11,13,16-17,19-20,22-23,25,27,37-38,41H,3-4,6,8-10,12,14-15,18,21,24,26,28-36H2,1-2H3,(H,40,42)(H,43,44,45)/b7-5-,13-11-,17-16-,20-19-,23-22-,27-25-. The lowest BCUT2D eigenvalue weighted by molar-refractivity contribution is -0.122. The lowest BCUT2D eigenvalue weighted by Gasteiger charge is -2.23. The first-order valence-corrected chi connectivity index (χ1v) is 19.7. The van der Waals surface area contributed by atoms with Crippen LogP contribution in [-0.2, 0) is 14.9 Å². The molecule has 0 spiro atoms. The van der Waals surface area contributed by atoms with E-state index >= 15 is 0 Å². The van der Waals surface area contributed by atoms with Gasteiger partial charge in [-0.1, -0.05) is 151 Å². The summed E-state index contributed by atoms with van der Waals surface area (Å²) in [6, 6.07) is -0.996. The Kier molecular flexibility index (Phi) is 31.1. The summed E-state index contributed by atoms with van der Waals surface area (Å²) in [5, 5.41) is 13.2. The fourth-order valence-electron chi connectivity index (χ4n) is 4.98. The molecular formula is C39H67NO5S. The molecule has 0 radical (unpaired) electrons.